The lowest BCUT2D eigenvalue weighted by atomic mass is 9.95. The molecular weight excluding hydrogens is 246 g/mol. The standard InChI is InChI=1S/C17H35N3/c1-15(2)13-18-9-11-19(12-10-18)14-17-5-7-20(8-6-17)16(3)4/h15-17H,5-14H2,1-4H3. The third kappa shape index (κ3) is 5.01. The molecule has 0 aliphatic carbocycles. The third-order valence-corrected chi connectivity index (χ3v) is 4.98. The monoisotopic (exact) mass is 281 g/mol. The van der Waals surface area contributed by atoms with E-state index in [1.54, 1.807) is 0 Å². The quantitative estimate of drug-likeness (QED) is 0.766. The molecule has 0 N–H and O–H groups in total. The third-order valence-electron chi connectivity index (χ3n) is 4.98. The number of piperidine rings is 1. The summed E-state index contributed by atoms with van der Waals surface area (Å²) in [5.74, 6) is 1.75. The summed E-state index contributed by atoms with van der Waals surface area (Å²) in [6.07, 6.45) is 2.81. The van der Waals surface area contributed by atoms with E-state index in [4.69, 9.17) is 0 Å². The van der Waals surface area contributed by atoms with Crippen LogP contribution in [0.1, 0.15) is 40.5 Å². The molecule has 2 heterocycles. The molecule has 2 fully saturated rings. The van der Waals surface area contributed by atoms with Gasteiger partial charge in [-0.15, -0.1) is 0 Å². The van der Waals surface area contributed by atoms with Crippen molar-refractivity contribution < 1.29 is 0 Å². The Morgan fingerprint density at radius 3 is 1.85 bits per heavy atom. The molecule has 2 aliphatic rings. The maximum Gasteiger partial charge on any atom is 0.0110 e. The van der Waals surface area contributed by atoms with Crippen molar-refractivity contribution >= 4 is 0 Å². The van der Waals surface area contributed by atoms with Gasteiger partial charge in [-0.25, -0.2) is 0 Å². The zero-order valence-electron chi connectivity index (χ0n) is 14.1. The van der Waals surface area contributed by atoms with E-state index in [1.165, 1.54) is 65.2 Å². The van der Waals surface area contributed by atoms with Crippen LogP contribution < -0.4 is 0 Å². The Bertz CT molecular complexity index is 261. The molecule has 3 nitrogen and oxygen atoms in total. The van der Waals surface area contributed by atoms with Crippen molar-refractivity contribution in [2.75, 3.05) is 52.4 Å². The van der Waals surface area contributed by atoms with Gasteiger partial charge in [-0.05, 0) is 51.6 Å². The Morgan fingerprint density at radius 2 is 1.35 bits per heavy atom. The number of piperazine rings is 1. The molecule has 3 heteroatoms. The normalized spacial score (nSPS) is 24.9. The minimum atomic E-state index is 0.732. The summed E-state index contributed by atoms with van der Waals surface area (Å²) in [7, 11) is 0. The predicted molar refractivity (Wildman–Crippen MR) is 87.2 cm³/mol. The van der Waals surface area contributed by atoms with Crippen LogP contribution in [0.25, 0.3) is 0 Å². The summed E-state index contributed by atoms with van der Waals surface area (Å²) in [4.78, 5) is 7.99. The number of hydrogen-bond acceptors (Lipinski definition) is 3. The van der Waals surface area contributed by atoms with E-state index in [9.17, 15) is 0 Å². The zero-order chi connectivity index (χ0) is 14.5. The Balaban J connectivity index is 1.64. The molecule has 0 amide bonds. The summed E-state index contributed by atoms with van der Waals surface area (Å²) in [6, 6.07) is 0.732. The fourth-order valence-corrected chi connectivity index (χ4v) is 3.69. The smallest absolute Gasteiger partial charge is 0.0110 e. The van der Waals surface area contributed by atoms with Crippen LogP contribution in [-0.4, -0.2) is 73.1 Å². The van der Waals surface area contributed by atoms with Crippen LogP contribution in [-0.2, 0) is 0 Å². The van der Waals surface area contributed by atoms with Gasteiger partial charge in [0, 0.05) is 45.3 Å². The summed E-state index contributed by atoms with van der Waals surface area (Å²) in [5, 5.41) is 0. The highest BCUT2D eigenvalue weighted by Gasteiger charge is 2.24. The van der Waals surface area contributed by atoms with Gasteiger partial charge in [0.2, 0.25) is 0 Å². The lowest BCUT2D eigenvalue weighted by Crippen LogP contribution is -2.49. The fraction of sp³-hybridized carbons (Fsp3) is 1.00. The molecule has 0 aromatic rings. The fourth-order valence-electron chi connectivity index (χ4n) is 3.69. The van der Waals surface area contributed by atoms with Gasteiger partial charge in [-0.3, -0.25) is 0 Å². The average Bonchev–Trinajstić information content (AvgIpc) is 2.41. The number of likely N-dealkylation sites (tertiary alicyclic amines) is 1. The summed E-state index contributed by atoms with van der Waals surface area (Å²) in [5.41, 5.74) is 0. The van der Waals surface area contributed by atoms with Crippen molar-refractivity contribution in [2.24, 2.45) is 11.8 Å². The van der Waals surface area contributed by atoms with Crippen molar-refractivity contribution in [3.05, 3.63) is 0 Å². The van der Waals surface area contributed by atoms with Crippen molar-refractivity contribution in [1.82, 2.24) is 14.7 Å². The van der Waals surface area contributed by atoms with Crippen molar-refractivity contribution in [3.63, 3.8) is 0 Å². The molecule has 0 unspecified atom stereocenters. The number of nitrogens with zero attached hydrogens (tertiary/aromatic N) is 3. The van der Waals surface area contributed by atoms with Crippen LogP contribution in [0.2, 0.25) is 0 Å². The minimum Gasteiger partial charge on any atom is -0.301 e. The number of rotatable bonds is 5. The van der Waals surface area contributed by atoms with Crippen LogP contribution in [0.15, 0.2) is 0 Å². The van der Waals surface area contributed by atoms with Gasteiger partial charge in [-0.1, -0.05) is 13.8 Å². The van der Waals surface area contributed by atoms with Crippen LogP contribution in [0.5, 0.6) is 0 Å². The molecule has 2 saturated heterocycles. The van der Waals surface area contributed by atoms with Crippen molar-refractivity contribution in [2.45, 2.75) is 46.6 Å². The second-order valence-corrected chi connectivity index (χ2v) is 7.57. The first-order valence-electron chi connectivity index (χ1n) is 8.73. The second-order valence-electron chi connectivity index (χ2n) is 7.57. The van der Waals surface area contributed by atoms with E-state index >= 15 is 0 Å². The minimum absolute atomic E-state index is 0.732. The van der Waals surface area contributed by atoms with Gasteiger partial charge in [-0.2, -0.15) is 0 Å². The molecule has 0 aromatic carbocycles. The SMILES string of the molecule is CC(C)CN1CCN(CC2CCN(C(C)C)CC2)CC1. The molecule has 0 aromatic heterocycles. The zero-order valence-corrected chi connectivity index (χ0v) is 14.1. The Hall–Kier alpha value is -0.120. The highest BCUT2D eigenvalue weighted by atomic mass is 15.3. The van der Waals surface area contributed by atoms with Crippen LogP contribution in [0, 0.1) is 11.8 Å². The predicted octanol–water partition coefficient (Wildman–Crippen LogP) is 2.38. The highest BCUT2D eigenvalue weighted by Crippen LogP contribution is 2.20. The largest absolute Gasteiger partial charge is 0.301 e. The molecule has 2 aliphatic heterocycles. The lowest BCUT2D eigenvalue weighted by molar-refractivity contribution is 0.0831. The molecule has 0 saturated carbocycles. The molecule has 0 atom stereocenters. The van der Waals surface area contributed by atoms with Gasteiger partial charge in [0.15, 0.2) is 0 Å². The first-order chi connectivity index (χ1) is 9.54. The molecule has 0 bridgehead atoms. The van der Waals surface area contributed by atoms with Crippen molar-refractivity contribution in [1.29, 1.82) is 0 Å². The van der Waals surface area contributed by atoms with Crippen molar-refractivity contribution in [3.8, 4) is 0 Å². The Labute approximate surface area is 126 Å². The van der Waals surface area contributed by atoms with E-state index in [0.29, 0.717) is 0 Å². The second kappa shape index (κ2) is 7.77. The van der Waals surface area contributed by atoms with E-state index in [2.05, 4.69) is 42.4 Å². The highest BCUT2D eigenvalue weighted by molar-refractivity contribution is 4.79. The van der Waals surface area contributed by atoms with E-state index < -0.39 is 0 Å². The number of hydrogen-bond donors (Lipinski definition) is 0. The molecular formula is C17H35N3. The molecule has 2 rings (SSSR count). The maximum atomic E-state index is 2.71. The van der Waals surface area contributed by atoms with Gasteiger partial charge in [0.25, 0.3) is 0 Å². The summed E-state index contributed by atoms with van der Waals surface area (Å²) >= 11 is 0. The summed E-state index contributed by atoms with van der Waals surface area (Å²) < 4.78 is 0. The molecule has 118 valence electrons. The maximum absolute atomic E-state index is 2.71. The van der Waals surface area contributed by atoms with Crippen LogP contribution >= 0.6 is 0 Å². The topological polar surface area (TPSA) is 9.72 Å². The summed E-state index contributed by atoms with van der Waals surface area (Å²) in [6.45, 7) is 19.7. The molecule has 0 spiro atoms. The van der Waals surface area contributed by atoms with Gasteiger partial charge in [0.05, 0.1) is 0 Å². The molecule has 0 radical (unpaired) electrons. The van der Waals surface area contributed by atoms with Crippen LogP contribution in [0.3, 0.4) is 0 Å². The van der Waals surface area contributed by atoms with Gasteiger partial charge in [0.1, 0.15) is 0 Å². The van der Waals surface area contributed by atoms with E-state index in [0.717, 1.165) is 17.9 Å². The van der Waals surface area contributed by atoms with Gasteiger partial charge < -0.3 is 14.7 Å². The van der Waals surface area contributed by atoms with Gasteiger partial charge >= 0.3 is 0 Å². The Kier molecular flexibility index (Phi) is 6.31. The lowest BCUT2D eigenvalue weighted by Gasteiger charge is -2.40. The van der Waals surface area contributed by atoms with E-state index in [-0.39, 0.29) is 0 Å². The Morgan fingerprint density at radius 1 is 0.800 bits per heavy atom. The average molecular weight is 281 g/mol. The molecule has 20 heavy (non-hydrogen) atoms. The first-order valence-corrected chi connectivity index (χ1v) is 8.73. The van der Waals surface area contributed by atoms with Crippen LogP contribution in [0.4, 0.5) is 0 Å². The van der Waals surface area contributed by atoms with E-state index in [1.807, 2.05) is 0 Å². The first kappa shape index (κ1) is 16.3.